The molecule has 0 bridgehead atoms. The van der Waals surface area contributed by atoms with Gasteiger partial charge in [0.05, 0.1) is 6.04 Å². The van der Waals surface area contributed by atoms with Gasteiger partial charge in [-0.3, -0.25) is 4.79 Å². The van der Waals surface area contributed by atoms with Gasteiger partial charge < -0.3 is 15.3 Å². The summed E-state index contributed by atoms with van der Waals surface area (Å²) >= 11 is 0. The van der Waals surface area contributed by atoms with Crippen LogP contribution in [-0.2, 0) is 4.79 Å². The van der Waals surface area contributed by atoms with Gasteiger partial charge in [0.2, 0.25) is 0 Å². The number of carbonyl (C=O) groups is 2. The second-order valence-electron chi connectivity index (χ2n) is 5.84. The van der Waals surface area contributed by atoms with E-state index in [9.17, 15) is 14.0 Å². The maximum atomic E-state index is 13.7. The molecule has 2 amide bonds. The summed E-state index contributed by atoms with van der Waals surface area (Å²) in [6.07, 6.45) is 0. The molecule has 5 nitrogen and oxygen atoms in total. The maximum absolute atomic E-state index is 13.7. The quantitative estimate of drug-likeness (QED) is 0.897. The summed E-state index contributed by atoms with van der Waals surface area (Å²) in [4.78, 5) is 24.3. The van der Waals surface area contributed by atoms with Crippen LogP contribution in [-0.4, -0.2) is 34.1 Å². The summed E-state index contributed by atoms with van der Waals surface area (Å²) in [6.45, 7) is 6.45. The number of rotatable bonds is 4. The molecule has 6 heteroatoms. The van der Waals surface area contributed by atoms with Crippen molar-refractivity contribution in [2.45, 2.75) is 39.3 Å². The van der Waals surface area contributed by atoms with E-state index in [1.807, 2.05) is 0 Å². The van der Waals surface area contributed by atoms with Crippen molar-refractivity contribution in [3.8, 4) is 0 Å². The molecule has 1 aromatic rings. The highest BCUT2D eigenvalue weighted by molar-refractivity contribution is 5.81. The first kappa shape index (κ1) is 16.9. The minimum atomic E-state index is -1.10. The Morgan fingerprint density at radius 1 is 1.33 bits per heavy atom. The molecular weight excluding hydrogens is 275 g/mol. The lowest BCUT2D eigenvalue weighted by atomic mass is 10.1. The summed E-state index contributed by atoms with van der Waals surface area (Å²) in [5.74, 6) is -1.51. The zero-order chi connectivity index (χ0) is 16.2. The number of nitrogens with zero attached hydrogens (tertiary/aromatic N) is 1. The van der Waals surface area contributed by atoms with E-state index in [-0.39, 0.29) is 0 Å². The molecule has 21 heavy (non-hydrogen) atoms. The van der Waals surface area contributed by atoms with Crippen LogP contribution < -0.4 is 5.32 Å². The second-order valence-corrected chi connectivity index (χ2v) is 5.84. The van der Waals surface area contributed by atoms with Crippen LogP contribution in [0.2, 0.25) is 0 Å². The van der Waals surface area contributed by atoms with Gasteiger partial charge in [-0.2, -0.15) is 0 Å². The molecule has 1 atom stereocenters. The van der Waals surface area contributed by atoms with Gasteiger partial charge in [-0.1, -0.05) is 18.2 Å². The summed E-state index contributed by atoms with van der Waals surface area (Å²) in [5, 5.41) is 11.5. The van der Waals surface area contributed by atoms with Gasteiger partial charge in [-0.15, -0.1) is 0 Å². The minimum Gasteiger partial charge on any atom is -0.480 e. The Bertz CT molecular complexity index is 526. The SMILES string of the molecule is CC(NC(=O)N(CC(=O)O)C(C)(C)C)c1ccccc1F. The van der Waals surface area contributed by atoms with Crippen LogP contribution in [0.1, 0.15) is 39.3 Å². The lowest BCUT2D eigenvalue weighted by Crippen LogP contribution is -2.52. The van der Waals surface area contributed by atoms with Gasteiger partial charge in [-0.05, 0) is 33.8 Å². The summed E-state index contributed by atoms with van der Waals surface area (Å²) in [6, 6.07) is 5.05. The first-order chi connectivity index (χ1) is 9.62. The molecule has 0 aliphatic rings. The van der Waals surface area contributed by atoms with Crippen molar-refractivity contribution in [3.63, 3.8) is 0 Å². The number of halogens is 1. The van der Waals surface area contributed by atoms with Crippen LogP contribution in [0.5, 0.6) is 0 Å². The van der Waals surface area contributed by atoms with Gasteiger partial charge in [0.15, 0.2) is 0 Å². The number of aliphatic carboxylic acids is 1. The van der Waals surface area contributed by atoms with Crippen molar-refractivity contribution in [3.05, 3.63) is 35.6 Å². The molecule has 0 aliphatic carbocycles. The van der Waals surface area contributed by atoms with Gasteiger partial charge in [0.25, 0.3) is 0 Å². The van der Waals surface area contributed by atoms with Crippen LogP contribution >= 0.6 is 0 Å². The fourth-order valence-electron chi connectivity index (χ4n) is 1.92. The molecule has 1 rings (SSSR count). The third-order valence-electron chi connectivity index (χ3n) is 3.06. The van der Waals surface area contributed by atoms with Crippen LogP contribution in [0.15, 0.2) is 24.3 Å². The molecule has 0 aromatic heterocycles. The Morgan fingerprint density at radius 3 is 2.38 bits per heavy atom. The molecule has 116 valence electrons. The molecule has 2 N–H and O–H groups in total. The van der Waals surface area contributed by atoms with Crippen molar-refractivity contribution in [1.82, 2.24) is 10.2 Å². The number of urea groups is 1. The standard InChI is InChI=1S/C15H21FN2O3/c1-10(11-7-5-6-8-12(11)16)17-14(21)18(9-13(19)20)15(2,3)4/h5-8,10H,9H2,1-4H3,(H,17,21)(H,19,20). The van der Waals surface area contributed by atoms with E-state index >= 15 is 0 Å². The summed E-state index contributed by atoms with van der Waals surface area (Å²) in [7, 11) is 0. The van der Waals surface area contributed by atoms with Crippen LogP contribution in [0.4, 0.5) is 9.18 Å². The lowest BCUT2D eigenvalue weighted by molar-refractivity contribution is -0.138. The molecule has 0 aliphatic heterocycles. The van der Waals surface area contributed by atoms with Crippen LogP contribution in [0, 0.1) is 5.82 Å². The Hall–Kier alpha value is -2.11. The zero-order valence-corrected chi connectivity index (χ0v) is 12.7. The highest BCUT2D eigenvalue weighted by atomic mass is 19.1. The number of carboxylic acids is 1. The Balaban J connectivity index is 2.87. The van der Waals surface area contributed by atoms with Crippen LogP contribution in [0.3, 0.4) is 0 Å². The number of carboxylic acid groups (broad SMARTS) is 1. The first-order valence-corrected chi connectivity index (χ1v) is 6.67. The van der Waals surface area contributed by atoms with E-state index in [2.05, 4.69) is 5.32 Å². The molecule has 1 aromatic carbocycles. The number of hydrogen-bond acceptors (Lipinski definition) is 2. The van der Waals surface area contributed by atoms with Gasteiger partial charge in [-0.25, -0.2) is 9.18 Å². The number of carbonyl (C=O) groups excluding carboxylic acids is 1. The van der Waals surface area contributed by atoms with Crippen molar-refractivity contribution in [2.75, 3.05) is 6.54 Å². The number of nitrogens with one attached hydrogen (secondary N) is 1. The monoisotopic (exact) mass is 296 g/mol. The van der Waals surface area contributed by atoms with E-state index in [0.717, 1.165) is 0 Å². The Morgan fingerprint density at radius 2 is 1.90 bits per heavy atom. The minimum absolute atomic E-state index is 0.357. The molecule has 0 heterocycles. The molecule has 0 radical (unpaired) electrons. The largest absolute Gasteiger partial charge is 0.480 e. The molecule has 0 fully saturated rings. The van der Waals surface area contributed by atoms with Crippen molar-refractivity contribution >= 4 is 12.0 Å². The van der Waals surface area contributed by atoms with E-state index in [1.54, 1.807) is 45.9 Å². The van der Waals surface area contributed by atoms with Crippen molar-refractivity contribution in [1.29, 1.82) is 0 Å². The third kappa shape index (κ3) is 4.73. The Kier molecular flexibility index (Phi) is 5.29. The third-order valence-corrected chi connectivity index (χ3v) is 3.06. The average Bonchev–Trinajstić information content (AvgIpc) is 2.34. The van der Waals surface area contributed by atoms with Crippen molar-refractivity contribution < 1.29 is 19.1 Å². The maximum Gasteiger partial charge on any atom is 0.323 e. The summed E-state index contributed by atoms with van der Waals surface area (Å²) in [5.41, 5.74) is -0.299. The van der Waals surface area contributed by atoms with Gasteiger partial charge >= 0.3 is 12.0 Å². The molecule has 0 saturated heterocycles. The fraction of sp³-hybridized carbons (Fsp3) is 0.467. The fourth-order valence-corrected chi connectivity index (χ4v) is 1.92. The molecule has 1 unspecified atom stereocenters. The number of benzene rings is 1. The highest BCUT2D eigenvalue weighted by Crippen LogP contribution is 2.18. The van der Waals surface area contributed by atoms with Gasteiger partial charge in [0.1, 0.15) is 12.4 Å². The molecular formula is C15H21FN2O3. The normalized spacial score (nSPS) is 12.6. The van der Waals surface area contributed by atoms with E-state index in [0.29, 0.717) is 5.56 Å². The predicted molar refractivity (Wildman–Crippen MR) is 77.4 cm³/mol. The smallest absolute Gasteiger partial charge is 0.323 e. The predicted octanol–water partition coefficient (Wildman–Crippen LogP) is 2.78. The zero-order valence-electron chi connectivity index (χ0n) is 12.7. The second kappa shape index (κ2) is 6.56. The average molecular weight is 296 g/mol. The number of amides is 2. The Labute approximate surface area is 123 Å². The molecule has 0 saturated carbocycles. The lowest BCUT2D eigenvalue weighted by Gasteiger charge is -2.35. The van der Waals surface area contributed by atoms with E-state index < -0.39 is 35.9 Å². The van der Waals surface area contributed by atoms with Crippen molar-refractivity contribution in [2.24, 2.45) is 0 Å². The highest BCUT2D eigenvalue weighted by Gasteiger charge is 2.29. The van der Waals surface area contributed by atoms with E-state index in [1.165, 1.54) is 11.0 Å². The first-order valence-electron chi connectivity index (χ1n) is 6.67. The summed E-state index contributed by atoms with van der Waals surface area (Å²) < 4.78 is 13.7. The van der Waals surface area contributed by atoms with Crippen LogP contribution in [0.25, 0.3) is 0 Å². The van der Waals surface area contributed by atoms with Gasteiger partial charge in [0, 0.05) is 11.1 Å². The molecule has 0 spiro atoms. The number of hydrogen-bond donors (Lipinski definition) is 2. The van der Waals surface area contributed by atoms with E-state index in [4.69, 9.17) is 5.11 Å². The topological polar surface area (TPSA) is 69.6 Å².